The largest absolute Gasteiger partial charge is 0.336 e. The molecule has 7 nitrogen and oxygen atoms in total. The summed E-state index contributed by atoms with van der Waals surface area (Å²) < 4.78 is 24.5. The monoisotopic (exact) mass is 318 g/mol. The summed E-state index contributed by atoms with van der Waals surface area (Å²) in [4.78, 5) is 39.1. The number of halogens is 2. The Kier molecular flexibility index (Phi) is 5.64. The van der Waals surface area contributed by atoms with Crippen LogP contribution in [0.2, 0.25) is 0 Å². The molecule has 0 bridgehead atoms. The first-order chi connectivity index (χ1) is 10.5. The number of hydrogen-bond acceptors (Lipinski definition) is 4. The Hall–Kier alpha value is -1.77. The maximum atomic E-state index is 12.3. The molecule has 0 aromatic rings. The molecule has 2 heterocycles. The number of likely N-dealkylation sites (tertiary alicyclic amines) is 1. The molecule has 9 heteroatoms. The van der Waals surface area contributed by atoms with Crippen LogP contribution in [0.15, 0.2) is 0 Å². The zero-order chi connectivity index (χ0) is 16.1. The first kappa shape index (κ1) is 16.6. The van der Waals surface area contributed by atoms with Gasteiger partial charge in [0.15, 0.2) is 0 Å². The molecule has 0 aromatic heterocycles. The van der Waals surface area contributed by atoms with Crippen LogP contribution < -0.4 is 5.32 Å². The van der Waals surface area contributed by atoms with E-state index in [2.05, 4.69) is 5.32 Å². The molecule has 0 atom stereocenters. The van der Waals surface area contributed by atoms with E-state index in [4.69, 9.17) is 0 Å². The van der Waals surface area contributed by atoms with E-state index >= 15 is 0 Å². The summed E-state index contributed by atoms with van der Waals surface area (Å²) >= 11 is 0. The second-order valence-electron chi connectivity index (χ2n) is 5.35. The third kappa shape index (κ3) is 4.36. The van der Waals surface area contributed by atoms with Gasteiger partial charge in [-0.25, -0.2) is 13.6 Å². The number of carbonyl (C=O) groups excluding carboxylic acids is 3. The van der Waals surface area contributed by atoms with E-state index in [9.17, 15) is 23.2 Å². The number of carbonyl (C=O) groups is 3. The van der Waals surface area contributed by atoms with Crippen molar-refractivity contribution in [3.05, 3.63) is 0 Å². The van der Waals surface area contributed by atoms with Gasteiger partial charge < -0.3 is 10.2 Å². The van der Waals surface area contributed by atoms with Gasteiger partial charge in [0.05, 0.1) is 6.54 Å². The van der Waals surface area contributed by atoms with Crippen LogP contribution in [0.5, 0.6) is 0 Å². The molecule has 22 heavy (non-hydrogen) atoms. The average Bonchev–Trinajstić information content (AvgIpc) is 2.79. The van der Waals surface area contributed by atoms with E-state index in [1.165, 1.54) is 0 Å². The van der Waals surface area contributed by atoms with Gasteiger partial charge in [0, 0.05) is 52.1 Å². The van der Waals surface area contributed by atoms with E-state index in [1.807, 2.05) is 0 Å². The number of piperazine rings is 1. The molecule has 2 fully saturated rings. The molecule has 4 amide bonds. The van der Waals surface area contributed by atoms with Gasteiger partial charge in [-0.15, -0.1) is 0 Å². The van der Waals surface area contributed by atoms with Gasteiger partial charge in [0.1, 0.15) is 0 Å². The smallest absolute Gasteiger partial charge is 0.317 e. The third-order valence-electron chi connectivity index (χ3n) is 3.82. The normalized spacial score (nSPS) is 20.1. The quantitative estimate of drug-likeness (QED) is 0.708. The first-order valence-corrected chi connectivity index (χ1v) is 7.34. The molecule has 0 radical (unpaired) electrons. The van der Waals surface area contributed by atoms with Gasteiger partial charge >= 0.3 is 6.03 Å². The standard InChI is InChI=1S/C13H20F2N4O3/c14-10(15)9-17-5-7-18(8-6-17)13(22)16-3-4-19-11(20)1-2-12(19)21/h10H,1-9H2,(H,16,22). The number of nitrogens with zero attached hydrogens (tertiary/aromatic N) is 3. The van der Waals surface area contributed by atoms with Gasteiger partial charge in [0.25, 0.3) is 6.43 Å². The number of imide groups is 1. The Labute approximate surface area is 127 Å². The lowest BCUT2D eigenvalue weighted by Crippen LogP contribution is -2.53. The Balaban J connectivity index is 1.66. The van der Waals surface area contributed by atoms with Crippen LogP contribution >= 0.6 is 0 Å². The Morgan fingerprint density at radius 3 is 2.23 bits per heavy atom. The number of amides is 4. The zero-order valence-corrected chi connectivity index (χ0v) is 12.3. The molecule has 0 spiro atoms. The Morgan fingerprint density at radius 2 is 1.68 bits per heavy atom. The summed E-state index contributed by atoms with van der Waals surface area (Å²) in [7, 11) is 0. The van der Waals surface area contributed by atoms with Gasteiger partial charge in [-0.3, -0.25) is 19.4 Å². The van der Waals surface area contributed by atoms with E-state index in [1.54, 1.807) is 9.80 Å². The summed E-state index contributed by atoms with van der Waals surface area (Å²) in [6.07, 6.45) is -1.89. The predicted octanol–water partition coefficient (Wildman–Crippen LogP) is -0.272. The highest BCUT2D eigenvalue weighted by molar-refractivity contribution is 6.01. The fourth-order valence-corrected chi connectivity index (χ4v) is 2.59. The van der Waals surface area contributed by atoms with Crippen molar-refractivity contribution < 1.29 is 23.2 Å². The molecular weight excluding hydrogens is 298 g/mol. The Morgan fingerprint density at radius 1 is 1.09 bits per heavy atom. The minimum absolute atomic E-state index is 0.175. The van der Waals surface area contributed by atoms with Gasteiger partial charge in [-0.05, 0) is 0 Å². The SMILES string of the molecule is O=C(NCCN1C(=O)CCC1=O)N1CCN(CC(F)F)CC1. The predicted molar refractivity (Wildman–Crippen MR) is 73.4 cm³/mol. The summed E-state index contributed by atoms with van der Waals surface area (Å²) in [5, 5.41) is 2.65. The topological polar surface area (TPSA) is 73.0 Å². The molecule has 1 N–H and O–H groups in total. The molecule has 2 aliphatic heterocycles. The van der Waals surface area contributed by atoms with Crippen molar-refractivity contribution in [1.29, 1.82) is 0 Å². The first-order valence-electron chi connectivity index (χ1n) is 7.34. The molecule has 0 aliphatic carbocycles. The number of hydrogen-bond donors (Lipinski definition) is 1. The van der Waals surface area contributed by atoms with Crippen molar-refractivity contribution in [2.75, 3.05) is 45.8 Å². The van der Waals surface area contributed by atoms with E-state index in [-0.39, 0.29) is 50.3 Å². The zero-order valence-electron chi connectivity index (χ0n) is 12.3. The highest BCUT2D eigenvalue weighted by atomic mass is 19.3. The molecule has 124 valence electrons. The van der Waals surface area contributed by atoms with Crippen LogP contribution in [0, 0.1) is 0 Å². The minimum atomic E-state index is -2.36. The number of rotatable bonds is 5. The summed E-state index contributed by atoms with van der Waals surface area (Å²) in [5.41, 5.74) is 0. The lowest BCUT2D eigenvalue weighted by atomic mass is 10.3. The second kappa shape index (κ2) is 7.48. The third-order valence-corrected chi connectivity index (χ3v) is 3.82. The maximum Gasteiger partial charge on any atom is 0.317 e. The summed E-state index contributed by atoms with van der Waals surface area (Å²) in [6, 6.07) is -0.296. The summed E-state index contributed by atoms with van der Waals surface area (Å²) in [5.74, 6) is -0.417. The second-order valence-corrected chi connectivity index (χ2v) is 5.35. The number of alkyl halides is 2. The molecule has 0 saturated carbocycles. The molecular formula is C13H20F2N4O3. The molecule has 2 aliphatic rings. The number of nitrogens with one attached hydrogen (secondary N) is 1. The molecule has 2 saturated heterocycles. The van der Waals surface area contributed by atoms with Crippen molar-refractivity contribution in [1.82, 2.24) is 20.0 Å². The summed E-state index contributed by atoms with van der Waals surface area (Å²) in [6.45, 7) is 1.72. The Bertz CT molecular complexity index is 423. The highest BCUT2D eigenvalue weighted by Crippen LogP contribution is 2.10. The molecule has 2 rings (SSSR count). The van der Waals surface area contributed by atoms with Crippen LogP contribution in [-0.2, 0) is 9.59 Å². The lowest BCUT2D eigenvalue weighted by Gasteiger charge is -2.34. The van der Waals surface area contributed by atoms with Crippen molar-refractivity contribution >= 4 is 17.8 Å². The van der Waals surface area contributed by atoms with Crippen LogP contribution in [0.1, 0.15) is 12.8 Å². The van der Waals surface area contributed by atoms with Crippen molar-refractivity contribution in [2.24, 2.45) is 0 Å². The van der Waals surface area contributed by atoms with Gasteiger partial charge in [0.2, 0.25) is 11.8 Å². The lowest BCUT2D eigenvalue weighted by molar-refractivity contribution is -0.138. The average molecular weight is 318 g/mol. The van der Waals surface area contributed by atoms with Gasteiger partial charge in [-0.2, -0.15) is 0 Å². The maximum absolute atomic E-state index is 12.3. The van der Waals surface area contributed by atoms with Crippen LogP contribution in [0.25, 0.3) is 0 Å². The fourth-order valence-electron chi connectivity index (χ4n) is 2.59. The molecule has 0 aromatic carbocycles. The van der Waals surface area contributed by atoms with E-state index in [0.29, 0.717) is 26.2 Å². The van der Waals surface area contributed by atoms with E-state index in [0.717, 1.165) is 4.90 Å². The van der Waals surface area contributed by atoms with Crippen molar-refractivity contribution in [3.63, 3.8) is 0 Å². The minimum Gasteiger partial charge on any atom is -0.336 e. The fraction of sp³-hybridized carbons (Fsp3) is 0.769. The number of urea groups is 1. The highest BCUT2D eigenvalue weighted by Gasteiger charge is 2.28. The van der Waals surface area contributed by atoms with Crippen molar-refractivity contribution in [2.45, 2.75) is 19.3 Å². The van der Waals surface area contributed by atoms with Crippen molar-refractivity contribution in [3.8, 4) is 0 Å². The van der Waals surface area contributed by atoms with Crippen LogP contribution in [-0.4, -0.2) is 84.8 Å². The van der Waals surface area contributed by atoms with Crippen LogP contribution in [0.4, 0.5) is 13.6 Å². The molecule has 0 unspecified atom stereocenters. The van der Waals surface area contributed by atoms with E-state index < -0.39 is 6.43 Å². The van der Waals surface area contributed by atoms with Crippen LogP contribution in [0.3, 0.4) is 0 Å². The van der Waals surface area contributed by atoms with Gasteiger partial charge in [-0.1, -0.05) is 0 Å².